The number of hydrogen-bond donors (Lipinski definition) is 2. The number of ether oxygens (including phenoxy) is 3. The quantitative estimate of drug-likeness (QED) is 0.290. The molecule has 11 nitrogen and oxygen atoms in total. The first-order chi connectivity index (χ1) is 21.7. The van der Waals surface area contributed by atoms with Crippen LogP contribution in [0.1, 0.15) is 37.8 Å². The van der Waals surface area contributed by atoms with Crippen LogP contribution >= 0.6 is 11.3 Å². The van der Waals surface area contributed by atoms with E-state index >= 15 is 0 Å². The van der Waals surface area contributed by atoms with Crippen molar-refractivity contribution in [1.82, 2.24) is 15.2 Å². The zero-order valence-electron chi connectivity index (χ0n) is 25.7. The number of nitrogens with one attached hydrogen (secondary N) is 1. The average molecular weight is 634 g/mol. The Kier molecular flexibility index (Phi) is 10.3. The molecule has 0 spiro atoms. The van der Waals surface area contributed by atoms with Gasteiger partial charge in [0.2, 0.25) is 17.7 Å². The normalized spacial score (nSPS) is 21.4. The van der Waals surface area contributed by atoms with Crippen LogP contribution in [0.5, 0.6) is 0 Å². The molecule has 1 fully saturated rings. The molecule has 0 aliphatic carbocycles. The van der Waals surface area contributed by atoms with Crippen LogP contribution in [0, 0.1) is 0 Å². The van der Waals surface area contributed by atoms with E-state index < -0.39 is 41.6 Å². The molecule has 1 unspecified atom stereocenters. The molecular weight excluding hydrogens is 594 g/mol. The van der Waals surface area contributed by atoms with Gasteiger partial charge in [-0.15, -0.1) is 11.3 Å². The van der Waals surface area contributed by atoms with Crippen molar-refractivity contribution in [2.24, 2.45) is 10.7 Å². The Balaban J connectivity index is 1.37. The number of nitrogens with two attached hydrogens (primary N) is 1. The number of amides is 2. The first-order valence-corrected chi connectivity index (χ1v) is 15.9. The van der Waals surface area contributed by atoms with Crippen LogP contribution in [0.4, 0.5) is 0 Å². The predicted octanol–water partition coefficient (Wildman–Crippen LogP) is 3.12. The van der Waals surface area contributed by atoms with Gasteiger partial charge in [0.1, 0.15) is 23.7 Å². The summed E-state index contributed by atoms with van der Waals surface area (Å²) in [5.41, 5.74) is 7.30. The third-order valence-corrected chi connectivity index (χ3v) is 8.90. The van der Waals surface area contributed by atoms with Crippen molar-refractivity contribution in [1.29, 1.82) is 0 Å². The summed E-state index contributed by atoms with van der Waals surface area (Å²) in [7, 11) is 1.33. The van der Waals surface area contributed by atoms with Crippen LogP contribution in [-0.2, 0) is 41.6 Å². The molecule has 0 saturated carbocycles. The molecule has 5 atom stereocenters. The highest BCUT2D eigenvalue weighted by atomic mass is 32.1. The summed E-state index contributed by atoms with van der Waals surface area (Å²) in [6.45, 7) is 4.00. The highest BCUT2D eigenvalue weighted by Crippen LogP contribution is 2.32. The Morgan fingerprint density at radius 2 is 1.93 bits per heavy atom. The molecule has 1 aromatic heterocycles. The van der Waals surface area contributed by atoms with Crippen LogP contribution in [0.25, 0.3) is 10.6 Å². The number of rotatable bonds is 12. The highest BCUT2D eigenvalue weighted by Gasteiger charge is 2.49. The number of aliphatic imine (C=N–C) groups is 1. The van der Waals surface area contributed by atoms with Gasteiger partial charge in [-0.1, -0.05) is 48.5 Å². The van der Waals surface area contributed by atoms with Crippen LogP contribution in [0.2, 0.25) is 0 Å². The fourth-order valence-electron chi connectivity index (χ4n) is 5.64. The second kappa shape index (κ2) is 14.3. The standard InChI is InChI=1S/C33H39N5O6S/c1-21(34)28(39)36-27(22(2)43-19-23-9-5-4-6-10-23)31(40)38-15-8-13-26(38)29-37-33(20-44-29,32(41)42-3)18-24-11-7-12-25(17-24)30-35-14-16-45-30/h4-7,9-12,14,16-17,21-22,26-27H,8,13,15,18-20,34H2,1-3H3,(H,36,39)/t21-,22?,26-,27-,33+/m0/s1. The zero-order chi connectivity index (χ0) is 32.0. The van der Waals surface area contributed by atoms with Gasteiger partial charge in [0, 0.05) is 30.1 Å². The van der Waals surface area contributed by atoms with E-state index in [1.54, 1.807) is 24.9 Å². The third kappa shape index (κ3) is 7.41. The van der Waals surface area contributed by atoms with Crippen molar-refractivity contribution in [3.63, 3.8) is 0 Å². The lowest BCUT2D eigenvalue weighted by Crippen LogP contribution is -2.58. The summed E-state index contributed by atoms with van der Waals surface area (Å²) >= 11 is 1.53. The maximum Gasteiger partial charge on any atom is 0.337 e. The fraction of sp³-hybridized carbons (Fsp3) is 0.424. The summed E-state index contributed by atoms with van der Waals surface area (Å²) in [6, 6.07) is 15.1. The van der Waals surface area contributed by atoms with Gasteiger partial charge in [0.25, 0.3) is 0 Å². The topological polar surface area (TPSA) is 145 Å². The number of carbonyl (C=O) groups is 3. The predicted molar refractivity (Wildman–Crippen MR) is 170 cm³/mol. The summed E-state index contributed by atoms with van der Waals surface area (Å²) in [5, 5.41) is 5.59. The molecular formula is C33H39N5O6S. The summed E-state index contributed by atoms with van der Waals surface area (Å²) in [5.74, 6) is -1.00. The molecule has 0 bridgehead atoms. The highest BCUT2D eigenvalue weighted by molar-refractivity contribution is 7.13. The van der Waals surface area contributed by atoms with E-state index in [4.69, 9.17) is 24.9 Å². The Bertz CT molecular complexity index is 1510. The second-order valence-corrected chi connectivity index (χ2v) is 12.3. The smallest absolute Gasteiger partial charge is 0.337 e. The first kappa shape index (κ1) is 32.3. The van der Waals surface area contributed by atoms with Crippen molar-refractivity contribution < 1.29 is 28.6 Å². The number of methoxy groups -OCH3 is 1. The minimum Gasteiger partial charge on any atom is -0.476 e. The van der Waals surface area contributed by atoms with E-state index in [0.29, 0.717) is 25.3 Å². The lowest BCUT2D eigenvalue weighted by atomic mass is 9.92. The van der Waals surface area contributed by atoms with Gasteiger partial charge < -0.3 is 30.2 Å². The van der Waals surface area contributed by atoms with Crippen molar-refractivity contribution in [2.45, 2.75) is 69.5 Å². The van der Waals surface area contributed by atoms with E-state index in [0.717, 1.165) is 21.7 Å². The maximum absolute atomic E-state index is 14.1. The summed E-state index contributed by atoms with van der Waals surface area (Å²) in [6.07, 6.45) is 2.64. The van der Waals surface area contributed by atoms with Gasteiger partial charge >= 0.3 is 5.97 Å². The van der Waals surface area contributed by atoms with E-state index in [1.807, 2.05) is 60.0 Å². The molecule has 1 saturated heterocycles. The van der Waals surface area contributed by atoms with Gasteiger partial charge in [-0.3, -0.25) is 9.59 Å². The molecule has 2 aliphatic rings. The van der Waals surface area contributed by atoms with Crippen molar-refractivity contribution in [2.75, 3.05) is 20.3 Å². The van der Waals surface area contributed by atoms with Gasteiger partial charge in [-0.2, -0.15) is 0 Å². The number of thiazole rings is 1. The molecule has 45 heavy (non-hydrogen) atoms. The second-order valence-electron chi connectivity index (χ2n) is 11.4. The summed E-state index contributed by atoms with van der Waals surface area (Å²) in [4.78, 5) is 50.9. The Hall–Kier alpha value is -4.13. The number of benzene rings is 2. The number of esters is 1. The van der Waals surface area contributed by atoms with E-state index in [-0.39, 0.29) is 25.5 Å². The van der Waals surface area contributed by atoms with E-state index in [1.165, 1.54) is 18.4 Å². The van der Waals surface area contributed by atoms with Gasteiger partial charge in [-0.05, 0) is 43.9 Å². The molecule has 2 aliphatic heterocycles. The Morgan fingerprint density at radius 3 is 2.64 bits per heavy atom. The SMILES string of the molecule is COC(=O)[C@@]1(Cc2cccc(-c3nccs3)c2)COC([C@@H]2CCCN2C(=O)[C@@H](NC(=O)[C@H](C)N)C(C)OCc2ccccc2)=N1. The van der Waals surface area contributed by atoms with Crippen LogP contribution in [0.3, 0.4) is 0 Å². The van der Waals surface area contributed by atoms with Crippen molar-refractivity contribution in [3.05, 3.63) is 77.3 Å². The number of nitrogens with zero attached hydrogens (tertiary/aromatic N) is 3. The minimum atomic E-state index is -1.31. The lowest BCUT2D eigenvalue weighted by Gasteiger charge is -2.32. The summed E-state index contributed by atoms with van der Waals surface area (Å²) < 4.78 is 17.4. The zero-order valence-corrected chi connectivity index (χ0v) is 26.5. The van der Waals surface area contributed by atoms with Crippen LogP contribution < -0.4 is 11.1 Å². The average Bonchev–Trinajstić information content (AvgIpc) is 3.84. The Labute approximate surface area is 266 Å². The minimum absolute atomic E-state index is 0.0174. The molecule has 2 aromatic carbocycles. The lowest BCUT2D eigenvalue weighted by molar-refractivity contribution is -0.147. The first-order valence-electron chi connectivity index (χ1n) is 15.0. The van der Waals surface area contributed by atoms with Gasteiger partial charge in [0.15, 0.2) is 5.54 Å². The van der Waals surface area contributed by atoms with Crippen LogP contribution in [0.15, 0.2) is 71.2 Å². The molecule has 238 valence electrons. The van der Waals surface area contributed by atoms with Crippen molar-refractivity contribution >= 4 is 35.0 Å². The van der Waals surface area contributed by atoms with Gasteiger partial charge in [0.05, 0.1) is 25.9 Å². The molecule has 3 N–H and O–H groups in total. The number of carbonyl (C=O) groups excluding carboxylic acids is 3. The molecule has 3 heterocycles. The van der Waals surface area contributed by atoms with Crippen LogP contribution in [-0.4, -0.2) is 83.6 Å². The number of aromatic nitrogens is 1. The fourth-order valence-corrected chi connectivity index (χ4v) is 6.28. The molecule has 2 amide bonds. The van der Waals surface area contributed by atoms with E-state index in [2.05, 4.69) is 10.3 Å². The van der Waals surface area contributed by atoms with Gasteiger partial charge in [-0.25, -0.2) is 14.8 Å². The van der Waals surface area contributed by atoms with E-state index in [9.17, 15) is 14.4 Å². The monoisotopic (exact) mass is 633 g/mol. The largest absolute Gasteiger partial charge is 0.476 e. The maximum atomic E-state index is 14.1. The Morgan fingerprint density at radius 1 is 1.16 bits per heavy atom. The molecule has 12 heteroatoms. The van der Waals surface area contributed by atoms with Crippen molar-refractivity contribution in [3.8, 4) is 10.6 Å². The third-order valence-electron chi connectivity index (χ3n) is 8.07. The molecule has 5 rings (SSSR count). The number of likely N-dealkylation sites (tertiary alicyclic amines) is 1. The number of hydrogen-bond acceptors (Lipinski definition) is 10. The molecule has 0 radical (unpaired) electrons. The molecule has 3 aromatic rings.